The minimum atomic E-state index is -3.22. The summed E-state index contributed by atoms with van der Waals surface area (Å²) in [7, 11) is 3.70. The van der Waals surface area contributed by atoms with E-state index in [0.29, 0.717) is 46.1 Å². The van der Waals surface area contributed by atoms with Crippen molar-refractivity contribution >= 4 is 94.7 Å². The fraction of sp³-hybridized carbons (Fsp3) is 0.105. The first-order chi connectivity index (χ1) is 28.3. The molecule has 0 fully saturated rings. The number of fused-ring (bicyclic) bond motifs is 4. The maximum Gasteiger partial charge on any atom is 0.339 e. The first-order valence-electron chi connectivity index (χ1n) is 17.6. The number of aryl methyl sites for hydroxylation is 2. The van der Waals surface area contributed by atoms with Crippen LogP contribution in [0, 0.1) is 0 Å². The zero-order valence-electron chi connectivity index (χ0n) is 30.9. The van der Waals surface area contributed by atoms with Gasteiger partial charge in [0.25, 0.3) is 0 Å². The minimum absolute atomic E-state index is 0.170. The summed E-state index contributed by atoms with van der Waals surface area (Å²) in [5.74, 6) is 0. The Bertz CT molecular complexity index is 3240. The van der Waals surface area contributed by atoms with Gasteiger partial charge in [0.2, 0.25) is 5.43 Å². The van der Waals surface area contributed by atoms with Crippen molar-refractivity contribution in [1.29, 1.82) is 0 Å². The lowest BCUT2D eigenvalue weighted by molar-refractivity contribution is 0.600. The number of hydrogen-bond donors (Lipinski definition) is 1. The zero-order chi connectivity index (χ0) is 41.3. The van der Waals surface area contributed by atoms with E-state index in [1.807, 2.05) is 75.0 Å². The monoisotopic (exact) mass is 884 g/mol. The number of rotatable bonds is 6. The van der Waals surface area contributed by atoms with E-state index in [0.717, 1.165) is 49.8 Å². The number of nitrogens with one attached hydrogen (secondary N) is 1. The van der Waals surface area contributed by atoms with Crippen molar-refractivity contribution in [2.24, 2.45) is 14.1 Å². The molecule has 8 aromatic heterocycles. The molecule has 0 unspecified atom stereocenters. The second-order valence-corrected chi connectivity index (χ2v) is 20.2. The lowest BCUT2D eigenvalue weighted by Gasteiger charge is -2.05. The van der Waals surface area contributed by atoms with E-state index in [9.17, 15) is 9.36 Å². The number of aromatic nitrogens is 14. The molecule has 0 aliphatic carbocycles. The van der Waals surface area contributed by atoms with Crippen LogP contribution < -0.4 is 5.43 Å². The highest BCUT2D eigenvalue weighted by Gasteiger charge is 2.15. The lowest BCUT2D eigenvalue weighted by Crippen LogP contribution is -2.06. The van der Waals surface area contributed by atoms with Gasteiger partial charge < -0.3 is 4.98 Å². The molecule has 0 saturated carbocycles. The SMILES string of the molecule is Cn1cc(-c2cc(=O)c3nnn(Cc4ccc5ncccc5c4)c3[nH]2)cn1.Cn1cc(-c2cc(Cl)c3nnn(Cc4ccc5ncccc5c4)c3n2)cn1.O=P(Cl)(Cl)Cl. The van der Waals surface area contributed by atoms with Crippen molar-refractivity contribution in [2.75, 3.05) is 0 Å². The summed E-state index contributed by atoms with van der Waals surface area (Å²) in [6.07, 6.45) is 10.8. The molecule has 0 saturated heterocycles. The van der Waals surface area contributed by atoms with Crippen LogP contribution >= 0.6 is 50.5 Å². The maximum atomic E-state index is 12.4. The van der Waals surface area contributed by atoms with Gasteiger partial charge >= 0.3 is 5.20 Å². The number of pyridine rings is 4. The van der Waals surface area contributed by atoms with Crippen LogP contribution in [0.4, 0.5) is 0 Å². The third-order valence-electron chi connectivity index (χ3n) is 8.94. The van der Waals surface area contributed by atoms with Crippen molar-refractivity contribution in [3.05, 3.63) is 136 Å². The van der Waals surface area contributed by atoms with Crippen LogP contribution in [-0.4, -0.2) is 69.5 Å². The first kappa shape index (κ1) is 39.8. The average Bonchev–Trinajstić information content (AvgIpc) is 4.03. The molecule has 0 atom stereocenters. The van der Waals surface area contributed by atoms with E-state index in [1.165, 1.54) is 6.07 Å². The smallest absolute Gasteiger partial charge is 0.338 e. The van der Waals surface area contributed by atoms with Gasteiger partial charge in [0.05, 0.1) is 52.9 Å². The Labute approximate surface area is 353 Å². The molecule has 21 heteroatoms. The molecular weight excluding hydrogens is 857 g/mol. The third-order valence-corrected chi connectivity index (χ3v) is 9.23. The summed E-state index contributed by atoms with van der Waals surface area (Å²) >= 11 is 20.3. The molecule has 296 valence electrons. The molecule has 0 aliphatic heterocycles. The van der Waals surface area contributed by atoms with Gasteiger partial charge in [-0.1, -0.05) is 46.3 Å². The van der Waals surface area contributed by atoms with E-state index < -0.39 is 5.20 Å². The largest absolute Gasteiger partial charge is 0.339 e. The van der Waals surface area contributed by atoms with E-state index in [1.54, 1.807) is 49.6 Å². The fourth-order valence-electron chi connectivity index (χ4n) is 6.30. The highest BCUT2D eigenvalue weighted by atomic mass is 36.0. The fourth-order valence-corrected chi connectivity index (χ4v) is 6.53. The predicted molar refractivity (Wildman–Crippen MR) is 230 cm³/mol. The minimum Gasteiger partial charge on any atom is -0.338 e. The Hall–Kier alpha value is -6.03. The molecule has 2 aromatic carbocycles. The van der Waals surface area contributed by atoms with Crippen LogP contribution in [0.5, 0.6) is 0 Å². The quantitative estimate of drug-likeness (QED) is 0.158. The van der Waals surface area contributed by atoms with Crippen LogP contribution in [0.3, 0.4) is 0 Å². The van der Waals surface area contributed by atoms with Crippen molar-refractivity contribution in [2.45, 2.75) is 13.1 Å². The van der Waals surface area contributed by atoms with Crippen molar-refractivity contribution < 1.29 is 4.57 Å². The van der Waals surface area contributed by atoms with E-state index in [4.69, 9.17) is 16.6 Å². The van der Waals surface area contributed by atoms with Crippen LogP contribution in [0.1, 0.15) is 11.1 Å². The van der Waals surface area contributed by atoms with Crippen molar-refractivity contribution in [1.82, 2.24) is 69.5 Å². The van der Waals surface area contributed by atoms with Gasteiger partial charge in [0.1, 0.15) is 0 Å². The van der Waals surface area contributed by atoms with Crippen molar-refractivity contribution in [3.8, 4) is 22.5 Å². The number of hydrogen-bond acceptors (Lipinski definition) is 11. The molecule has 10 rings (SSSR count). The molecular formula is C38H29Cl4N14O2P. The predicted octanol–water partition coefficient (Wildman–Crippen LogP) is 8.40. The third kappa shape index (κ3) is 9.32. The molecule has 0 radical (unpaired) electrons. The molecule has 0 aliphatic rings. The molecule has 0 amide bonds. The zero-order valence-corrected chi connectivity index (χ0v) is 34.8. The Balaban J connectivity index is 0.000000148. The van der Waals surface area contributed by atoms with Gasteiger partial charge in [0, 0.05) is 66.8 Å². The maximum absolute atomic E-state index is 12.4. The molecule has 1 N–H and O–H groups in total. The topological polar surface area (TPSA) is 186 Å². The first-order valence-corrected chi connectivity index (χ1v) is 22.4. The normalized spacial score (nSPS) is 11.5. The number of halogens is 4. The van der Waals surface area contributed by atoms with Gasteiger partial charge in [-0.3, -0.25) is 28.7 Å². The van der Waals surface area contributed by atoms with E-state index in [-0.39, 0.29) is 5.43 Å². The highest BCUT2D eigenvalue weighted by molar-refractivity contribution is 8.24. The Morgan fingerprint density at radius 1 is 0.712 bits per heavy atom. The summed E-state index contributed by atoms with van der Waals surface area (Å²) in [6, 6.07) is 23.4. The molecule has 0 bridgehead atoms. The van der Waals surface area contributed by atoms with Crippen molar-refractivity contribution in [3.63, 3.8) is 0 Å². The Kier molecular flexibility index (Phi) is 11.2. The average molecular weight is 887 g/mol. The summed E-state index contributed by atoms with van der Waals surface area (Å²) in [4.78, 5) is 29.1. The Morgan fingerprint density at radius 3 is 1.86 bits per heavy atom. The second kappa shape index (κ2) is 16.7. The highest BCUT2D eigenvalue weighted by Crippen LogP contribution is 2.61. The molecule has 59 heavy (non-hydrogen) atoms. The van der Waals surface area contributed by atoms with E-state index >= 15 is 0 Å². The molecule has 8 heterocycles. The number of aromatic amines is 1. The van der Waals surface area contributed by atoms with Gasteiger partial charge in [-0.25, -0.2) is 14.3 Å². The number of benzene rings is 2. The summed E-state index contributed by atoms with van der Waals surface area (Å²) in [6.45, 7) is 1.04. The van der Waals surface area contributed by atoms with Gasteiger partial charge in [-0.15, -0.1) is 10.2 Å². The standard InChI is InChI=1S/C19H14ClN7.C19H15N7O.Cl3OP/c1-26-11-14(9-22-26)17-8-15(20)18-19(23-17)27(25-24-18)10-12-4-5-16-13(7-12)3-2-6-21-16;1-25-11-14(9-21-25)16-8-17(27)18-19(22-16)26(24-23-18)10-12-4-5-15-13(7-12)3-2-6-20-15;1-5(2,3)4/h2-9,11H,10H2,1H3;2-9,11H,10H2,1H3,(H,22,27);. The van der Waals surface area contributed by atoms with Crippen LogP contribution in [0.25, 0.3) is 66.6 Å². The Morgan fingerprint density at radius 2 is 1.27 bits per heavy atom. The van der Waals surface area contributed by atoms with Crippen LogP contribution in [0.15, 0.2) is 115 Å². The molecule has 16 nitrogen and oxygen atoms in total. The van der Waals surface area contributed by atoms with Gasteiger partial charge in [-0.2, -0.15) is 10.2 Å². The van der Waals surface area contributed by atoms with Crippen LogP contribution in [-0.2, 0) is 31.7 Å². The van der Waals surface area contributed by atoms with E-state index in [2.05, 4.69) is 91.6 Å². The van der Waals surface area contributed by atoms with Gasteiger partial charge in [0.15, 0.2) is 22.3 Å². The second-order valence-electron chi connectivity index (χ2n) is 13.2. The summed E-state index contributed by atoms with van der Waals surface area (Å²) in [5.41, 5.74) is 9.18. The summed E-state index contributed by atoms with van der Waals surface area (Å²) in [5, 5.41) is 24.5. The number of H-pyrrole nitrogens is 1. The van der Waals surface area contributed by atoms with Crippen LogP contribution in [0.2, 0.25) is 5.02 Å². The summed E-state index contributed by atoms with van der Waals surface area (Å²) < 4.78 is 16.4. The van der Waals surface area contributed by atoms with Gasteiger partial charge in [-0.05, 0) is 87.3 Å². The molecule has 10 aromatic rings. The lowest BCUT2D eigenvalue weighted by atomic mass is 10.1. The number of nitrogens with zero attached hydrogens (tertiary/aromatic N) is 13. The molecule has 0 spiro atoms.